The summed E-state index contributed by atoms with van der Waals surface area (Å²) in [6.07, 6.45) is 0.485. The van der Waals surface area contributed by atoms with Crippen molar-refractivity contribution in [3.8, 4) is 0 Å². The average molecular weight is 263 g/mol. The van der Waals surface area contributed by atoms with Crippen LogP contribution in [0.5, 0.6) is 0 Å². The molecular formula is C17H29NO. The lowest BCUT2D eigenvalue weighted by Crippen LogP contribution is -2.50. The normalized spacial score (nSPS) is 16.4. The van der Waals surface area contributed by atoms with Gasteiger partial charge in [0.05, 0.1) is 6.10 Å². The lowest BCUT2D eigenvalue weighted by molar-refractivity contribution is -0.0214. The van der Waals surface area contributed by atoms with E-state index in [0.717, 1.165) is 25.1 Å². The molecule has 19 heavy (non-hydrogen) atoms. The van der Waals surface area contributed by atoms with Gasteiger partial charge in [0, 0.05) is 5.54 Å². The quantitative estimate of drug-likeness (QED) is 0.842. The van der Waals surface area contributed by atoms with Crippen molar-refractivity contribution >= 4 is 0 Å². The van der Waals surface area contributed by atoms with Gasteiger partial charge in [-0.3, -0.25) is 4.90 Å². The zero-order valence-corrected chi connectivity index (χ0v) is 13.3. The molecule has 0 heterocycles. The van der Waals surface area contributed by atoms with E-state index in [9.17, 15) is 5.11 Å². The first-order valence-corrected chi connectivity index (χ1v) is 7.40. The molecule has 1 rings (SSSR count). The van der Waals surface area contributed by atoms with Crippen molar-refractivity contribution in [2.45, 2.75) is 59.6 Å². The van der Waals surface area contributed by atoms with Gasteiger partial charge >= 0.3 is 0 Å². The Kier molecular flexibility index (Phi) is 5.57. The number of aliphatic hydroxyl groups excluding tert-OH is 1. The molecule has 0 bridgehead atoms. The third-order valence-corrected chi connectivity index (χ3v) is 4.35. The van der Waals surface area contributed by atoms with E-state index in [1.807, 2.05) is 0 Å². The highest BCUT2D eigenvalue weighted by Gasteiger charge is 2.36. The summed E-state index contributed by atoms with van der Waals surface area (Å²) in [5.74, 6) is 0. The van der Waals surface area contributed by atoms with Gasteiger partial charge in [-0.05, 0) is 45.8 Å². The van der Waals surface area contributed by atoms with E-state index in [2.05, 4.69) is 64.6 Å². The molecule has 0 spiro atoms. The van der Waals surface area contributed by atoms with Crippen LogP contribution in [0, 0.1) is 13.8 Å². The molecule has 2 unspecified atom stereocenters. The fourth-order valence-corrected chi connectivity index (χ4v) is 3.06. The molecule has 2 nitrogen and oxygen atoms in total. The molecule has 0 aliphatic rings. The highest BCUT2D eigenvalue weighted by Crippen LogP contribution is 2.34. The Morgan fingerprint density at radius 3 is 1.89 bits per heavy atom. The Morgan fingerprint density at radius 1 is 1.05 bits per heavy atom. The average Bonchev–Trinajstić information content (AvgIpc) is 2.37. The molecule has 0 aliphatic heterocycles. The Bertz CT molecular complexity index is 391. The highest BCUT2D eigenvalue weighted by molar-refractivity contribution is 5.31. The summed E-state index contributed by atoms with van der Waals surface area (Å²) in [5.41, 5.74) is 3.26. The molecule has 0 radical (unpaired) electrons. The molecule has 1 aromatic rings. The van der Waals surface area contributed by atoms with Crippen molar-refractivity contribution in [1.29, 1.82) is 0 Å². The monoisotopic (exact) mass is 263 g/mol. The lowest BCUT2D eigenvalue weighted by Gasteiger charge is -2.43. The van der Waals surface area contributed by atoms with Crippen molar-refractivity contribution in [2.75, 3.05) is 13.1 Å². The molecule has 108 valence electrons. The Balaban J connectivity index is 3.16. The van der Waals surface area contributed by atoms with Crippen molar-refractivity contribution in [3.63, 3.8) is 0 Å². The fraction of sp³-hybridized carbons (Fsp3) is 0.647. The van der Waals surface area contributed by atoms with E-state index in [1.54, 1.807) is 0 Å². The second-order valence-electron chi connectivity index (χ2n) is 5.71. The minimum atomic E-state index is -0.448. The number of hydrogen-bond donors (Lipinski definition) is 1. The number of hydrogen-bond acceptors (Lipinski definition) is 2. The zero-order valence-electron chi connectivity index (χ0n) is 13.3. The topological polar surface area (TPSA) is 23.5 Å². The summed E-state index contributed by atoms with van der Waals surface area (Å²) in [7, 11) is 0. The Hall–Kier alpha value is -0.860. The molecule has 0 saturated carbocycles. The van der Waals surface area contributed by atoms with Crippen LogP contribution in [0.25, 0.3) is 0 Å². The van der Waals surface area contributed by atoms with E-state index < -0.39 is 6.10 Å². The third kappa shape index (κ3) is 3.37. The maximum absolute atomic E-state index is 10.9. The fourth-order valence-electron chi connectivity index (χ4n) is 3.06. The van der Waals surface area contributed by atoms with Crippen molar-refractivity contribution in [3.05, 3.63) is 34.9 Å². The standard InChI is InChI=1S/C17H29NO/c1-7-17(6,18(8-2)9-3)16(19)15-11-13(4)10-14(5)12-15/h10-12,16,19H,7-9H2,1-6H3. The van der Waals surface area contributed by atoms with Gasteiger partial charge in [0.2, 0.25) is 0 Å². The molecule has 0 fully saturated rings. The van der Waals surface area contributed by atoms with Crippen molar-refractivity contribution in [1.82, 2.24) is 4.90 Å². The molecule has 1 N–H and O–H groups in total. The smallest absolute Gasteiger partial charge is 0.0970 e. The van der Waals surface area contributed by atoms with Crippen molar-refractivity contribution in [2.24, 2.45) is 0 Å². The van der Waals surface area contributed by atoms with Gasteiger partial charge in [0.1, 0.15) is 0 Å². The van der Waals surface area contributed by atoms with Gasteiger partial charge in [-0.2, -0.15) is 0 Å². The van der Waals surface area contributed by atoms with Gasteiger partial charge < -0.3 is 5.11 Å². The van der Waals surface area contributed by atoms with Crippen LogP contribution in [0.2, 0.25) is 0 Å². The Labute approximate surface area is 118 Å². The molecular weight excluding hydrogens is 234 g/mol. The Morgan fingerprint density at radius 2 is 1.53 bits per heavy atom. The number of aliphatic hydroxyl groups is 1. The van der Waals surface area contributed by atoms with E-state index in [0.29, 0.717) is 0 Å². The second-order valence-corrected chi connectivity index (χ2v) is 5.71. The largest absolute Gasteiger partial charge is 0.386 e. The van der Waals surface area contributed by atoms with Gasteiger partial charge in [-0.1, -0.05) is 50.1 Å². The summed E-state index contributed by atoms with van der Waals surface area (Å²) in [5, 5.41) is 10.9. The predicted molar refractivity (Wildman–Crippen MR) is 82.5 cm³/mol. The summed E-state index contributed by atoms with van der Waals surface area (Å²) in [6.45, 7) is 14.7. The minimum Gasteiger partial charge on any atom is -0.386 e. The number of rotatable bonds is 6. The number of benzene rings is 1. The SMILES string of the molecule is CCN(CC)C(C)(CC)C(O)c1cc(C)cc(C)c1. The lowest BCUT2D eigenvalue weighted by atomic mass is 9.84. The minimum absolute atomic E-state index is 0.205. The summed E-state index contributed by atoms with van der Waals surface area (Å²) in [6, 6.07) is 6.36. The number of nitrogens with zero attached hydrogens (tertiary/aromatic N) is 1. The van der Waals surface area contributed by atoms with E-state index in [1.165, 1.54) is 11.1 Å². The first kappa shape index (κ1) is 16.2. The summed E-state index contributed by atoms with van der Waals surface area (Å²) < 4.78 is 0. The van der Waals surface area contributed by atoms with Crippen LogP contribution in [0.1, 0.15) is 56.9 Å². The van der Waals surface area contributed by atoms with Gasteiger partial charge in [0.15, 0.2) is 0 Å². The highest BCUT2D eigenvalue weighted by atomic mass is 16.3. The second kappa shape index (κ2) is 6.53. The first-order chi connectivity index (χ1) is 8.88. The van der Waals surface area contributed by atoms with E-state index in [4.69, 9.17) is 0 Å². The van der Waals surface area contributed by atoms with Crippen LogP contribution < -0.4 is 0 Å². The maximum Gasteiger partial charge on any atom is 0.0970 e. The molecule has 1 aromatic carbocycles. The summed E-state index contributed by atoms with van der Waals surface area (Å²) in [4.78, 5) is 2.36. The van der Waals surface area contributed by atoms with Gasteiger partial charge in [-0.25, -0.2) is 0 Å². The van der Waals surface area contributed by atoms with Crippen LogP contribution >= 0.6 is 0 Å². The van der Waals surface area contributed by atoms with Crippen LogP contribution in [0.15, 0.2) is 18.2 Å². The van der Waals surface area contributed by atoms with Crippen LogP contribution in [0.4, 0.5) is 0 Å². The van der Waals surface area contributed by atoms with Crippen LogP contribution in [0.3, 0.4) is 0 Å². The van der Waals surface area contributed by atoms with E-state index in [-0.39, 0.29) is 5.54 Å². The molecule has 0 saturated heterocycles. The molecule has 0 aliphatic carbocycles. The number of likely N-dealkylation sites (N-methyl/N-ethyl adjacent to an activating group) is 1. The van der Waals surface area contributed by atoms with Gasteiger partial charge in [0.25, 0.3) is 0 Å². The first-order valence-electron chi connectivity index (χ1n) is 7.40. The molecule has 0 aromatic heterocycles. The number of aryl methyl sites for hydroxylation is 2. The molecule has 2 heteroatoms. The maximum atomic E-state index is 10.9. The van der Waals surface area contributed by atoms with Crippen LogP contribution in [-0.2, 0) is 0 Å². The molecule has 0 amide bonds. The van der Waals surface area contributed by atoms with Crippen molar-refractivity contribution < 1.29 is 5.11 Å². The predicted octanol–water partition coefficient (Wildman–Crippen LogP) is 3.85. The van der Waals surface area contributed by atoms with Crippen LogP contribution in [-0.4, -0.2) is 28.6 Å². The zero-order chi connectivity index (χ0) is 14.6. The third-order valence-electron chi connectivity index (χ3n) is 4.35. The van der Waals surface area contributed by atoms with E-state index >= 15 is 0 Å². The van der Waals surface area contributed by atoms with Gasteiger partial charge in [-0.15, -0.1) is 0 Å². The summed E-state index contributed by atoms with van der Waals surface area (Å²) >= 11 is 0. The molecule has 2 atom stereocenters.